The maximum absolute atomic E-state index is 12.8. The van der Waals surface area contributed by atoms with Gasteiger partial charge in [0.25, 0.3) is 5.91 Å². The van der Waals surface area contributed by atoms with Gasteiger partial charge in [-0.1, -0.05) is 0 Å². The molecule has 24 heavy (non-hydrogen) atoms. The van der Waals surface area contributed by atoms with E-state index in [1.54, 1.807) is 0 Å². The Bertz CT molecular complexity index is 672. The van der Waals surface area contributed by atoms with Crippen LogP contribution in [0.25, 0.3) is 0 Å². The number of carbonyl (C=O) groups is 1. The van der Waals surface area contributed by atoms with Crippen molar-refractivity contribution in [2.24, 2.45) is 5.73 Å². The monoisotopic (exact) mass is 357 g/mol. The van der Waals surface area contributed by atoms with Gasteiger partial charge < -0.3 is 20.5 Å². The average molecular weight is 357 g/mol. The van der Waals surface area contributed by atoms with E-state index in [2.05, 4.69) is 5.32 Å². The molecule has 8 nitrogen and oxygen atoms in total. The minimum absolute atomic E-state index is 0.0154. The average Bonchev–Trinajstić information content (AvgIpc) is 2.62. The normalized spacial score (nSPS) is 15.9. The van der Waals surface area contributed by atoms with Crippen molar-refractivity contribution in [2.75, 3.05) is 46.5 Å². The molecule has 1 heterocycles. The minimum atomic E-state index is -3.76. The van der Waals surface area contributed by atoms with Crippen molar-refractivity contribution in [1.29, 1.82) is 0 Å². The summed E-state index contributed by atoms with van der Waals surface area (Å²) in [6, 6.07) is 4.38. The fraction of sp³-hybridized carbons (Fsp3) is 0.533. The Balaban J connectivity index is 2.30. The summed E-state index contributed by atoms with van der Waals surface area (Å²) in [7, 11) is -2.36. The summed E-state index contributed by atoms with van der Waals surface area (Å²) in [5.41, 5.74) is 5.66. The van der Waals surface area contributed by atoms with E-state index in [0.29, 0.717) is 32.7 Å². The lowest BCUT2D eigenvalue weighted by Crippen LogP contribution is -2.40. The molecule has 0 spiro atoms. The Kier molecular flexibility index (Phi) is 6.55. The van der Waals surface area contributed by atoms with Crippen LogP contribution in [0.4, 0.5) is 0 Å². The van der Waals surface area contributed by atoms with Crippen LogP contribution in [0.5, 0.6) is 5.75 Å². The molecule has 2 rings (SSSR count). The predicted octanol–water partition coefficient (Wildman–Crippen LogP) is -0.205. The number of nitrogens with two attached hydrogens (primary N) is 1. The number of nitrogens with one attached hydrogen (secondary N) is 1. The Hall–Kier alpha value is -1.68. The molecule has 1 amide bonds. The number of hydrogen-bond acceptors (Lipinski definition) is 6. The van der Waals surface area contributed by atoms with E-state index >= 15 is 0 Å². The number of methoxy groups -OCH3 is 1. The van der Waals surface area contributed by atoms with Crippen LogP contribution in [0.2, 0.25) is 0 Å². The Morgan fingerprint density at radius 1 is 1.38 bits per heavy atom. The smallest absolute Gasteiger partial charge is 0.251 e. The highest BCUT2D eigenvalue weighted by atomic mass is 32.2. The van der Waals surface area contributed by atoms with Gasteiger partial charge in [-0.15, -0.1) is 0 Å². The molecular formula is C15H23N3O5S. The second-order valence-corrected chi connectivity index (χ2v) is 7.19. The quantitative estimate of drug-likeness (QED) is 0.654. The number of morpholine rings is 1. The Morgan fingerprint density at radius 2 is 2.08 bits per heavy atom. The summed E-state index contributed by atoms with van der Waals surface area (Å²) < 4.78 is 37.4. The molecular weight excluding hydrogens is 334 g/mol. The van der Waals surface area contributed by atoms with Gasteiger partial charge in [0.1, 0.15) is 10.6 Å². The summed E-state index contributed by atoms with van der Waals surface area (Å²) in [6.45, 7) is 2.16. The van der Waals surface area contributed by atoms with Gasteiger partial charge in [0.15, 0.2) is 0 Å². The molecule has 0 bridgehead atoms. The second-order valence-electron chi connectivity index (χ2n) is 5.28. The summed E-state index contributed by atoms with van der Waals surface area (Å²) in [5.74, 6) is -0.135. The zero-order valence-electron chi connectivity index (χ0n) is 13.7. The lowest BCUT2D eigenvalue weighted by molar-refractivity contribution is 0.0729. The number of amides is 1. The van der Waals surface area contributed by atoms with Gasteiger partial charge in [0, 0.05) is 25.2 Å². The fourth-order valence-electron chi connectivity index (χ4n) is 2.35. The largest absolute Gasteiger partial charge is 0.495 e. The molecule has 1 fully saturated rings. The number of ether oxygens (including phenoxy) is 2. The van der Waals surface area contributed by atoms with Crippen molar-refractivity contribution < 1.29 is 22.7 Å². The van der Waals surface area contributed by atoms with Gasteiger partial charge >= 0.3 is 0 Å². The van der Waals surface area contributed by atoms with Crippen molar-refractivity contribution in [1.82, 2.24) is 9.62 Å². The maximum atomic E-state index is 12.8. The van der Waals surface area contributed by atoms with Gasteiger partial charge in [-0.05, 0) is 31.2 Å². The highest BCUT2D eigenvalue weighted by Gasteiger charge is 2.30. The van der Waals surface area contributed by atoms with E-state index in [4.69, 9.17) is 15.2 Å². The van der Waals surface area contributed by atoms with Crippen molar-refractivity contribution >= 4 is 15.9 Å². The lowest BCUT2D eigenvalue weighted by Gasteiger charge is -2.26. The van der Waals surface area contributed by atoms with E-state index in [1.165, 1.54) is 29.6 Å². The molecule has 0 unspecified atom stereocenters. The number of sulfonamides is 1. The summed E-state index contributed by atoms with van der Waals surface area (Å²) >= 11 is 0. The van der Waals surface area contributed by atoms with Crippen molar-refractivity contribution in [3.05, 3.63) is 23.8 Å². The molecule has 1 aliphatic heterocycles. The highest BCUT2D eigenvalue weighted by Crippen LogP contribution is 2.28. The maximum Gasteiger partial charge on any atom is 0.251 e. The Labute approximate surface area is 142 Å². The third-order valence-corrected chi connectivity index (χ3v) is 5.60. The van der Waals surface area contributed by atoms with Crippen LogP contribution in [0, 0.1) is 0 Å². The van der Waals surface area contributed by atoms with E-state index < -0.39 is 10.0 Å². The zero-order chi connectivity index (χ0) is 17.6. The highest BCUT2D eigenvalue weighted by molar-refractivity contribution is 7.89. The molecule has 3 N–H and O–H groups in total. The molecule has 1 saturated heterocycles. The van der Waals surface area contributed by atoms with Crippen LogP contribution in [0.1, 0.15) is 16.8 Å². The van der Waals surface area contributed by atoms with Gasteiger partial charge in [-0.2, -0.15) is 4.31 Å². The first-order chi connectivity index (χ1) is 11.5. The van der Waals surface area contributed by atoms with Crippen molar-refractivity contribution in [3.8, 4) is 5.75 Å². The van der Waals surface area contributed by atoms with Gasteiger partial charge in [0.05, 0.1) is 20.3 Å². The third-order valence-electron chi connectivity index (χ3n) is 3.68. The second kappa shape index (κ2) is 8.43. The summed E-state index contributed by atoms with van der Waals surface area (Å²) in [5, 5.41) is 2.71. The number of nitrogens with zero attached hydrogens (tertiary/aromatic N) is 1. The predicted molar refractivity (Wildman–Crippen MR) is 88.6 cm³/mol. The third kappa shape index (κ3) is 4.23. The SMILES string of the molecule is COc1ccc(C(=O)NCCCN)cc1S(=O)(=O)N1CCOCC1. The molecule has 0 aromatic heterocycles. The first-order valence-electron chi connectivity index (χ1n) is 7.75. The molecule has 9 heteroatoms. The molecule has 0 atom stereocenters. The van der Waals surface area contributed by atoms with Crippen LogP contribution in [0.3, 0.4) is 0 Å². The standard InChI is InChI=1S/C15H23N3O5S/c1-22-13-4-3-12(15(19)17-6-2-5-16)11-14(13)24(20,21)18-7-9-23-10-8-18/h3-4,11H,2,5-10,16H2,1H3,(H,17,19). The first kappa shape index (κ1) is 18.7. The van der Waals surface area contributed by atoms with E-state index in [9.17, 15) is 13.2 Å². The van der Waals surface area contributed by atoms with Crippen LogP contribution in [-0.4, -0.2) is 65.1 Å². The lowest BCUT2D eigenvalue weighted by atomic mass is 10.2. The topological polar surface area (TPSA) is 111 Å². The minimum Gasteiger partial charge on any atom is -0.495 e. The summed E-state index contributed by atoms with van der Waals surface area (Å²) in [6.07, 6.45) is 0.654. The fourth-order valence-corrected chi connectivity index (χ4v) is 3.94. The van der Waals surface area contributed by atoms with Crippen LogP contribution >= 0.6 is 0 Å². The molecule has 1 aromatic carbocycles. The Morgan fingerprint density at radius 3 is 2.71 bits per heavy atom. The van der Waals surface area contributed by atoms with Crippen molar-refractivity contribution in [2.45, 2.75) is 11.3 Å². The first-order valence-corrected chi connectivity index (χ1v) is 9.19. The van der Waals surface area contributed by atoms with Crippen LogP contribution in [0.15, 0.2) is 23.1 Å². The molecule has 134 valence electrons. The molecule has 1 aromatic rings. The molecule has 1 aliphatic rings. The number of rotatable bonds is 7. The molecule has 0 radical (unpaired) electrons. The zero-order valence-corrected chi connectivity index (χ0v) is 14.5. The number of hydrogen-bond donors (Lipinski definition) is 2. The van der Waals surface area contributed by atoms with Crippen molar-refractivity contribution in [3.63, 3.8) is 0 Å². The number of benzene rings is 1. The summed E-state index contributed by atoms with van der Waals surface area (Å²) in [4.78, 5) is 12.1. The van der Waals surface area contributed by atoms with E-state index in [-0.39, 0.29) is 35.2 Å². The van der Waals surface area contributed by atoms with Gasteiger partial charge in [0.2, 0.25) is 10.0 Å². The van der Waals surface area contributed by atoms with E-state index in [0.717, 1.165) is 0 Å². The van der Waals surface area contributed by atoms with Gasteiger partial charge in [-0.25, -0.2) is 8.42 Å². The molecule has 0 saturated carbocycles. The van der Waals surface area contributed by atoms with Crippen LogP contribution < -0.4 is 15.8 Å². The van der Waals surface area contributed by atoms with Crippen LogP contribution in [-0.2, 0) is 14.8 Å². The van der Waals surface area contributed by atoms with E-state index in [1.807, 2.05) is 0 Å². The number of carbonyl (C=O) groups excluding carboxylic acids is 1. The van der Waals surface area contributed by atoms with Gasteiger partial charge in [-0.3, -0.25) is 4.79 Å². The molecule has 0 aliphatic carbocycles.